The Morgan fingerprint density at radius 2 is 1.83 bits per heavy atom. The van der Waals surface area contributed by atoms with Gasteiger partial charge in [0.05, 0.1) is 12.2 Å². The highest BCUT2D eigenvalue weighted by molar-refractivity contribution is 5.99. The highest BCUT2D eigenvalue weighted by Gasteiger charge is 2.13. The van der Waals surface area contributed by atoms with Crippen LogP contribution >= 0.6 is 0 Å². The van der Waals surface area contributed by atoms with Crippen molar-refractivity contribution < 1.29 is 9.59 Å². The number of rotatable bonds is 8. The van der Waals surface area contributed by atoms with E-state index in [-0.39, 0.29) is 30.6 Å². The lowest BCUT2D eigenvalue weighted by Crippen LogP contribution is -2.18. The molecule has 0 bridgehead atoms. The molecule has 1 atom stereocenters. The van der Waals surface area contributed by atoms with Gasteiger partial charge in [0.1, 0.15) is 5.82 Å². The molecule has 0 fully saturated rings. The lowest BCUT2D eigenvalue weighted by atomic mass is 10.0. The molecule has 5 heteroatoms. The number of hydrogen-bond acceptors (Lipinski definition) is 3. The van der Waals surface area contributed by atoms with Crippen molar-refractivity contribution >= 4 is 17.5 Å². The molecule has 0 spiro atoms. The van der Waals surface area contributed by atoms with Gasteiger partial charge in [-0.05, 0) is 25.3 Å². The van der Waals surface area contributed by atoms with Gasteiger partial charge in [0.15, 0.2) is 5.78 Å². The Morgan fingerprint density at radius 1 is 1.12 bits per heavy atom. The molecule has 24 heavy (non-hydrogen) atoms. The Bertz CT molecular complexity index is 689. The lowest BCUT2D eigenvalue weighted by Gasteiger charge is -2.14. The molecule has 1 heterocycles. The number of nitrogens with zero attached hydrogens (tertiary/aromatic N) is 2. The summed E-state index contributed by atoms with van der Waals surface area (Å²) in [6, 6.07) is 9.56. The van der Waals surface area contributed by atoms with Gasteiger partial charge in [-0.15, -0.1) is 0 Å². The van der Waals surface area contributed by atoms with Gasteiger partial charge in [0.2, 0.25) is 5.91 Å². The molecule has 0 saturated carbocycles. The second kappa shape index (κ2) is 8.43. The third-order valence-corrected chi connectivity index (χ3v) is 4.21. The largest absolute Gasteiger partial charge is 0.311 e. The van der Waals surface area contributed by atoms with Crippen LogP contribution in [-0.4, -0.2) is 21.5 Å². The number of anilines is 1. The van der Waals surface area contributed by atoms with E-state index in [4.69, 9.17) is 0 Å². The molecule has 1 aromatic carbocycles. The average Bonchev–Trinajstić information content (AvgIpc) is 3.07. The Morgan fingerprint density at radius 3 is 2.46 bits per heavy atom. The van der Waals surface area contributed by atoms with E-state index in [9.17, 15) is 9.59 Å². The van der Waals surface area contributed by atoms with Crippen molar-refractivity contribution in [1.82, 2.24) is 9.78 Å². The zero-order valence-corrected chi connectivity index (χ0v) is 14.6. The van der Waals surface area contributed by atoms with Crippen LogP contribution in [0.15, 0.2) is 36.5 Å². The van der Waals surface area contributed by atoms with Crippen LogP contribution in [0.5, 0.6) is 0 Å². The molecular formula is C19H25N3O2. The first-order chi connectivity index (χ1) is 11.5. The first-order valence-corrected chi connectivity index (χ1v) is 8.50. The predicted molar refractivity (Wildman–Crippen MR) is 95.2 cm³/mol. The third kappa shape index (κ3) is 4.54. The number of hydrogen-bond donors (Lipinski definition) is 1. The first kappa shape index (κ1) is 17.9. The summed E-state index contributed by atoms with van der Waals surface area (Å²) in [7, 11) is 0. The normalized spacial score (nSPS) is 12.0. The van der Waals surface area contributed by atoms with Gasteiger partial charge in [-0.2, -0.15) is 5.10 Å². The van der Waals surface area contributed by atoms with Crippen LogP contribution in [0.4, 0.5) is 5.82 Å². The average molecular weight is 327 g/mol. The third-order valence-electron chi connectivity index (χ3n) is 4.21. The molecule has 1 aromatic heterocycles. The predicted octanol–water partition coefficient (Wildman–Crippen LogP) is 4.02. The van der Waals surface area contributed by atoms with E-state index in [1.165, 1.54) is 5.56 Å². The van der Waals surface area contributed by atoms with Gasteiger partial charge in [-0.1, -0.05) is 38.1 Å². The van der Waals surface area contributed by atoms with E-state index >= 15 is 0 Å². The molecule has 0 radical (unpaired) electrons. The topological polar surface area (TPSA) is 64.0 Å². The van der Waals surface area contributed by atoms with Crippen molar-refractivity contribution in [3.8, 4) is 0 Å². The van der Waals surface area contributed by atoms with Crippen molar-refractivity contribution in [2.45, 2.75) is 52.5 Å². The smallest absolute Gasteiger partial charge is 0.225 e. The SMILES string of the molecule is CCc1ccc(C(=O)CCC(=O)Nc2ccnn2C(C)CC)cc1. The Kier molecular flexibility index (Phi) is 6.29. The summed E-state index contributed by atoms with van der Waals surface area (Å²) in [5.74, 6) is 0.496. The molecule has 1 N–H and O–H groups in total. The van der Waals surface area contributed by atoms with Crippen molar-refractivity contribution in [2.24, 2.45) is 0 Å². The van der Waals surface area contributed by atoms with Gasteiger partial charge >= 0.3 is 0 Å². The zero-order valence-electron chi connectivity index (χ0n) is 14.6. The number of aromatic nitrogens is 2. The number of Topliss-reactive ketones (excluding diaryl/α,β-unsaturated/α-hetero) is 1. The molecule has 128 valence electrons. The van der Waals surface area contributed by atoms with Crippen LogP contribution in [0.3, 0.4) is 0 Å². The summed E-state index contributed by atoms with van der Waals surface area (Å²) in [5, 5.41) is 7.07. The molecule has 1 amide bonds. The molecule has 2 aromatic rings. The molecule has 1 unspecified atom stereocenters. The molecule has 2 rings (SSSR count). The van der Waals surface area contributed by atoms with E-state index in [0.29, 0.717) is 11.4 Å². The van der Waals surface area contributed by atoms with Crippen LogP contribution < -0.4 is 5.32 Å². The fraction of sp³-hybridized carbons (Fsp3) is 0.421. The lowest BCUT2D eigenvalue weighted by molar-refractivity contribution is -0.116. The molecule has 5 nitrogen and oxygen atoms in total. The molecular weight excluding hydrogens is 302 g/mol. The first-order valence-electron chi connectivity index (χ1n) is 8.50. The highest BCUT2D eigenvalue weighted by Crippen LogP contribution is 2.17. The Hall–Kier alpha value is -2.43. The van der Waals surface area contributed by atoms with E-state index in [0.717, 1.165) is 12.8 Å². The van der Waals surface area contributed by atoms with Crippen LogP contribution in [0, 0.1) is 0 Å². The second-order valence-electron chi connectivity index (χ2n) is 5.94. The van der Waals surface area contributed by atoms with E-state index in [1.54, 1.807) is 16.9 Å². The minimum atomic E-state index is -0.168. The van der Waals surface area contributed by atoms with Crippen molar-refractivity contribution in [3.63, 3.8) is 0 Å². The van der Waals surface area contributed by atoms with E-state index in [2.05, 4.69) is 24.3 Å². The standard InChI is InChI=1S/C19H25N3O2/c1-4-14(3)22-18(12-13-20-22)21-19(24)11-10-17(23)16-8-6-15(5-2)7-9-16/h6-9,12-14H,4-5,10-11H2,1-3H3,(H,21,24). The number of aryl methyl sites for hydroxylation is 1. The van der Waals surface area contributed by atoms with Crippen LogP contribution in [0.1, 0.15) is 62.0 Å². The van der Waals surface area contributed by atoms with Crippen molar-refractivity contribution in [1.29, 1.82) is 0 Å². The maximum atomic E-state index is 12.2. The minimum absolute atomic E-state index is 0.0109. The maximum absolute atomic E-state index is 12.2. The van der Waals surface area contributed by atoms with Crippen LogP contribution in [0.2, 0.25) is 0 Å². The Balaban J connectivity index is 1.88. The summed E-state index contributed by atoms with van der Waals surface area (Å²) in [5.41, 5.74) is 1.85. The second-order valence-corrected chi connectivity index (χ2v) is 5.94. The zero-order chi connectivity index (χ0) is 17.5. The summed E-state index contributed by atoms with van der Waals surface area (Å²) in [6.07, 6.45) is 3.91. The number of nitrogens with one attached hydrogen (secondary N) is 1. The van der Waals surface area contributed by atoms with E-state index < -0.39 is 0 Å². The summed E-state index contributed by atoms with van der Waals surface area (Å²) in [6.45, 7) is 6.19. The number of ketones is 1. The molecule has 0 saturated heterocycles. The fourth-order valence-electron chi connectivity index (χ4n) is 2.44. The number of carbonyl (C=O) groups is 2. The fourth-order valence-corrected chi connectivity index (χ4v) is 2.44. The van der Waals surface area contributed by atoms with Crippen molar-refractivity contribution in [2.75, 3.05) is 5.32 Å². The summed E-state index contributed by atoms with van der Waals surface area (Å²) < 4.78 is 1.79. The van der Waals surface area contributed by atoms with E-state index in [1.807, 2.05) is 31.2 Å². The summed E-state index contributed by atoms with van der Waals surface area (Å²) in [4.78, 5) is 24.3. The summed E-state index contributed by atoms with van der Waals surface area (Å²) >= 11 is 0. The van der Waals surface area contributed by atoms with Crippen LogP contribution in [0.25, 0.3) is 0 Å². The number of carbonyl (C=O) groups excluding carboxylic acids is 2. The Labute approximate surface area is 143 Å². The molecule has 0 aliphatic heterocycles. The van der Waals surface area contributed by atoms with Gasteiger partial charge in [0.25, 0.3) is 0 Å². The van der Waals surface area contributed by atoms with Gasteiger partial charge in [0, 0.05) is 24.5 Å². The number of amides is 1. The number of benzene rings is 1. The minimum Gasteiger partial charge on any atom is -0.311 e. The maximum Gasteiger partial charge on any atom is 0.225 e. The molecule has 0 aliphatic rings. The van der Waals surface area contributed by atoms with Gasteiger partial charge in [-0.3, -0.25) is 9.59 Å². The monoisotopic (exact) mass is 327 g/mol. The van der Waals surface area contributed by atoms with Crippen LogP contribution in [-0.2, 0) is 11.2 Å². The quantitative estimate of drug-likeness (QED) is 0.745. The highest BCUT2D eigenvalue weighted by atomic mass is 16.2. The van der Waals surface area contributed by atoms with Crippen molar-refractivity contribution in [3.05, 3.63) is 47.7 Å². The van der Waals surface area contributed by atoms with Gasteiger partial charge < -0.3 is 5.32 Å². The molecule has 0 aliphatic carbocycles. The van der Waals surface area contributed by atoms with Gasteiger partial charge in [-0.25, -0.2) is 4.68 Å².